The number of rotatable bonds is 3. The van der Waals surface area contributed by atoms with Crippen LogP contribution in [0.25, 0.3) is 0 Å². The molecular formula is C11H16N2O2. The third kappa shape index (κ3) is 1.76. The van der Waals surface area contributed by atoms with Crippen LogP contribution in [0.1, 0.15) is 43.1 Å². The molecule has 1 aliphatic rings. The molecule has 0 aliphatic carbocycles. The van der Waals surface area contributed by atoms with E-state index in [2.05, 4.69) is 18.9 Å². The summed E-state index contributed by atoms with van der Waals surface area (Å²) in [4.78, 5) is 10.7. The minimum absolute atomic E-state index is 0.0491. The van der Waals surface area contributed by atoms with E-state index in [-0.39, 0.29) is 6.42 Å². The average molecular weight is 208 g/mol. The highest BCUT2D eigenvalue weighted by atomic mass is 16.4. The van der Waals surface area contributed by atoms with Gasteiger partial charge in [0.2, 0.25) is 0 Å². The van der Waals surface area contributed by atoms with Crippen molar-refractivity contribution in [1.82, 2.24) is 9.78 Å². The SMILES string of the molecule is CC(C)c1c(CC(=O)O)nn2c1CCC2. The lowest BCUT2D eigenvalue weighted by Crippen LogP contribution is -2.05. The number of carbonyl (C=O) groups is 1. The Morgan fingerprint density at radius 1 is 1.60 bits per heavy atom. The summed E-state index contributed by atoms with van der Waals surface area (Å²) in [7, 11) is 0. The maximum absolute atomic E-state index is 10.7. The highest BCUT2D eigenvalue weighted by Gasteiger charge is 2.24. The molecule has 0 bridgehead atoms. The van der Waals surface area contributed by atoms with Gasteiger partial charge in [0.25, 0.3) is 0 Å². The van der Waals surface area contributed by atoms with E-state index >= 15 is 0 Å². The maximum Gasteiger partial charge on any atom is 0.309 e. The van der Waals surface area contributed by atoms with Crippen molar-refractivity contribution in [2.24, 2.45) is 0 Å². The number of aryl methyl sites for hydroxylation is 1. The predicted molar refractivity (Wildman–Crippen MR) is 56.0 cm³/mol. The average Bonchev–Trinajstić information content (AvgIpc) is 2.60. The van der Waals surface area contributed by atoms with Gasteiger partial charge in [-0.05, 0) is 24.3 Å². The molecular weight excluding hydrogens is 192 g/mol. The van der Waals surface area contributed by atoms with Gasteiger partial charge in [0.05, 0.1) is 12.1 Å². The van der Waals surface area contributed by atoms with Gasteiger partial charge in [-0.25, -0.2) is 0 Å². The van der Waals surface area contributed by atoms with E-state index in [1.165, 1.54) is 5.69 Å². The monoisotopic (exact) mass is 208 g/mol. The maximum atomic E-state index is 10.7. The van der Waals surface area contributed by atoms with Crippen LogP contribution in [0.3, 0.4) is 0 Å². The number of hydrogen-bond acceptors (Lipinski definition) is 2. The van der Waals surface area contributed by atoms with Crippen molar-refractivity contribution in [2.45, 2.75) is 45.6 Å². The third-order valence-corrected chi connectivity index (χ3v) is 2.85. The van der Waals surface area contributed by atoms with E-state index in [9.17, 15) is 4.79 Å². The highest BCUT2D eigenvalue weighted by molar-refractivity contribution is 5.70. The fraction of sp³-hybridized carbons (Fsp3) is 0.636. The van der Waals surface area contributed by atoms with Gasteiger partial charge in [0.1, 0.15) is 0 Å². The molecule has 2 heterocycles. The normalized spacial score (nSPS) is 14.6. The van der Waals surface area contributed by atoms with Crippen molar-refractivity contribution in [3.63, 3.8) is 0 Å². The molecule has 0 saturated carbocycles. The van der Waals surface area contributed by atoms with Crippen molar-refractivity contribution in [1.29, 1.82) is 0 Å². The first-order valence-corrected chi connectivity index (χ1v) is 5.40. The van der Waals surface area contributed by atoms with Gasteiger partial charge in [-0.2, -0.15) is 5.10 Å². The molecule has 1 aliphatic heterocycles. The number of hydrogen-bond donors (Lipinski definition) is 1. The number of nitrogens with zero attached hydrogens (tertiary/aromatic N) is 2. The minimum Gasteiger partial charge on any atom is -0.481 e. The van der Waals surface area contributed by atoms with Crippen LogP contribution in [-0.2, 0) is 24.2 Å². The van der Waals surface area contributed by atoms with Crippen LogP contribution in [0.15, 0.2) is 0 Å². The molecule has 0 saturated heterocycles. The molecule has 0 amide bonds. The summed E-state index contributed by atoms with van der Waals surface area (Å²) in [6, 6.07) is 0. The van der Waals surface area contributed by atoms with Gasteiger partial charge in [0, 0.05) is 12.2 Å². The van der Waals surface area contributed by atoms with Gasteiger partial charge < -0.3 is 5.11 Å². The van der Waals surface area contributed by atoms with E-state index in [4.69, 9.17) is 5.11 Å². The van der Waals surface area contributed by atoms with Gasteiger partial charge in [-0.15, -0.1) is 0 Å². The first kappa shape index (κ1) is 10.2. The molecule has 1 aromatic heterocycles. The van der Waals surface area contributed by atoms with Crippen molar-refractivity contribution in [2.75, 3.05) is 0 Å². The van der Waals surface area contributed by atoms with Crippen LogP contribution in [0.4, 0.5) is 0 Å². The Hall–Kier alpha value is -1.32. The Bertz CT molecular complexity index is 394. The van der Waals surface area contributed by atoms with E-state index in [0.717, 1.165) is 30.6 Å². The molecule has 82 valence electrons. The second-order valence-corrected chi connectivity index (χ2v) is 4.36. The van der Waals surface area contributed by atoms with E-state index in [0.29, 0.717) is 5.92 Å². The largest absolute Gasteiger partial charge is 0.481 e. The van der Waals surface area contributed by atoms with Crippen LogP contribution in [0.2, 0.25) is 0 Å². The van der Waals surface area contributed by atoms with Gasteiger partial charge in [-0.1, -0.05) is 13.8 Å². The van der Waals surface area contributed by atoms with E-state index in [1.54, 1.807) is 0 Å². The van der Waals surface area contributed by atoms with Crippen molar-refractivity contribution >= 4 is 5.97 Å². The number of carboxylic acid groups (broad SMARTS) is 1. The van der Waals surface area contributed by atoms with Crippen molar-refractivity contribution < 1.29 is 9.90 Å². The molecule has 2 rings (SSSR count). The Balaban J connectivity index is 2.41. The molecule has 0 fully saturated rings. The minimum atomic E-state index is -0.798. The number of aromatic nitrogens is 2. The summed E-state index contributed by atoms with van der Waals surface area (Å²) in [5, 5.41) is 13.2. The molecule has 0 atom stereocenters. The van der Waals surface area contributed by atoms with Crippen LogP contribution in [0.5, 0.6) is 0 Å². The summed E-state index contributed by atoms with van der Waals surface area (Å²) < 4.78 is 1.98. The van der Waals surface area contributed by atoms with Crippen LogP contribution >= 0.6 is 0 Å². The van der Waals surface area contributed by atoms with Crippen molar-refractivity contribution in [3.8, 4) is 0 Å². The second kappa shape index (κ2) is 3.68. The second-order valence-electron chi connectivity index (χ2n) is 4.36. The van der Waals surface area contributed by atoms with Gasteiger partial charge >= 0.3 is 5.97 Å². The zero-order valence-corrected chi connectivity index (χ0v) is 9.16. The van der Waals surface area contributed by atoms with Crippen molar-refractivity contribution in [3.05, 3.63) is 17.0 Å². The van der Waals surface area contributed by atoms with Crippen LogP contribution in [0, 0.1) is 0 Å². The summed E-state index contributed by atoms with van der Waals surface area (Å²) >= 11 is 0. The van der Waals surface area contributed by atoms with E-state index in [1.807, 2.05) is 4.68 Å². The number of aliphatic carboxylic acids is 1. The van der Waals surface area contributed by atoms with E-state index < -0.39 is 5.97 Å². The highest BCUT2D eigenvalue weighted by Crippen LogP contribution is 2.28. The first-order chi connectivity index (χ1) is 7.09. The first-order valence-electron chi connectivity index (χ1n) is 5.40. The van der Waals surface area contributed by atoms with Crippen LogP contribution < -0.4 is 0 Å². The fourth-order valence-electron chi connectivity index (χ4n) is 2.35. The third-order valence-electron chi connectivity index (χ3n) is 2.85. The smallest absolute Gasteiger partial charge is 0.309 e. The molecule has 1 aromatic rings. The predicted octanol–water partition coefficient (Wildman–Crippen LogP) is 1.58. The quantitative estimate of drug-likeness (QED) is 0.820. The molecule has 15 heavy (non-hydrogen) atoms. The molecule has 0 aromatic carbocycles. The Labute approximate surface area is 88.9 Å². The number of fused-ring (bicyclic) bond motifs is 1. The Morgan fingerprint density at radius 3 is 2.93 bits per heavy atom. The van der Waals surface area contributed by atoms with Gasteiger partial charge in [0.15, 0.2) is 0 Å². The van der Waals surface area contributed by atoms with Crippen LogP contribution in [-0.4, -0.2) is 20.9 Å². The lowest BCUT2D eigenvalue weighted by Gasteiger charge is -2.06. The van der Waals surface area contributed by atoms with Gasteiger partial charge in [-0.3, -0.25) is 9.48 Å². The Kier molecular flexibility index (Phi) is 2.50. The fourth-order valence-corrected chi connectivity index (χ4v) is 2.35. The zero-order chi connectivity index (χ0) is 11.0. The lowest BCUT2D eigenvalue weighted by molar-refractivity contribution is -0.136. The molecule has 4 heteroatoms. The molecule has 4 nitrogen and oxygen atoms in total. The summed E-state index contributed by atoms with van der Waals surface area (Å²) in [6.07, 6.45) is 2.23. The zero-order valence-electron chi connectivity index (χ0n) is 9.16. The molecule has 0 unspecified atom stereocenters. The molecule has 0 radical (unpaired) electrons. The summed E-state index contributed by atoms with van der Waals surface area (Å²) in [5.74, 6) is -0.435. The summed E-state index contributed by atoms with van der Waals surface area (Å²) in [5.41, 5.74) is 3.17. The Morgan fingerprint density at radius 2 is 2.33 bits per heavy atom. The number of carboxylic acids is 1. The standard InChI is InChI=1S/C11H16N2O2/c1-7(2)11-8(6-10(14)15)12-13-5-3-4-9(11)13/h7H,3-6H2,1-2H3,(H,14,15). The summed E-state index contributed by atoms with van der Waals surface area (Å²) in [6.45, 7) is 5.14. The molecule has 0 spiro atoms. The molecule has 1 N–H and O–H groups in total. The lowest BCUT2D eigenvalue weighted by atomic mass is 9.98. The topological polar surface area (TPSA) is 55.1 Å².